The highest BCUT2D eigenvalue weighted by atomic mass is 32.2. The van der Waals surface area contributed by atoms with Gasteiger partial charge in [-0.05, 0) is 43.2 Å². The molecule has 2 aromatic rings. The van der Waals surface area contributed by atoms with Gasteiger partial charge in [0.1, 0.15) is 5.82 Å². The molecule has 0 amide bonds. The molecule has 0 radical (unpaired) electrons. The molecule has 3 heteroatoms. The van der Waals surface area contributed by atoms with E-state index in [0.29, 0.717) is 0 Å². The van der Waals surface area contributed by atoms with Crippen LogP contribution in [0.5, 0.6) is 0 Å². The van der Waals surface area contributed by atoms with Crippen LogP contribution < -0.4 is 0 Å². The Hall–Kier alpha value is -0.960. The smallest absolute Gasteiger partial charge is 0.114 e. The van der Waals surface area contributed by atoms with E-state index in [1.165, 1.54) is 41.9 Å². The Kier molecular flexibility index (Phi) is 3.10. The predicted octanol–water partition coefficient (Wildman–Crippen LogP) is 3.47. The maximum absolute atomic E-state index is 4.58. The zero-order valence-electron chi connectivity index (χ0n) is 10.2. The summed E-state index contributed by atoms with van der Waals surface area (Å²) in [6, 6.07) is 4.36. The van der Waals surface area contributed by atoms with Crippen LogP contribution in [-0.2, 0) is 6.42 Å². The maximum Gasteiger partial charge on any atom is 0.114 e. The van der Waals surface area contributed by atoms with Gasteiger partial charge < -0.3 is 4.40 Å². The fourth-order valence-corrected chi connectivity index (χ4v) is 3.79. The molecule has 0 N–H and O–H groups in total. The standard InChI is InChI=1S/C14H18N2S/c1-11-5-6-16-12(8-11)10-15-14(16)9-13-4-2-3-7-17-13/h5-6,8,10,13H,2-4,7,9H2,1H3. The quantitative estimate of drug-likeness (QED) is 0.807. The monoisotopic (exact) mass is 246 g/mol. The fourth-order valence-electron chi connectivity index (χ4n) is 2.49. The zero-order valence-corrected chi connectivity index (χ0v) is 11.0. The van der Waals surface area contributed by atoms with Crippen LogP contribution in [0.1, 0.15) is 30.7 Å². The van der Waals surface area contributed by atoms with Crippen molar-refractivity contribution in [1.29, 1.82) is 0 Å². The van der Waals surface area contributed by atoms with Gasteiger partial charge in [0.2, 0.25) is 0 Å². The van der Waals surface area contributed by atoms with E-state index in [1.807, 2.05) is 6.20 Å². The van der Waals surface area contributed by atoms with Crippen LogP contribution in [0, 0.1) is 6.92 Å². The average Bonchev–Trinajstić information content (AvgIpc) is 2.73. The van der Waals surface area contributed by atoms with Gasteiger partial charge >= 0.3 is 0 Å². The first-order chi connectivity index (χ1) is 8.33. The first-order valence-electron chi connectivity index (χ1n) is 6.37. The van der Waals surface area contributed by atoms with Crippen LogP contribution in [0.4, 0.5) is 0 Å². The molecule has 1 fully saturated rings. The molecule has 0 spiro atoms. The number of aromatic nitrogens is 2. The van der Waals surface area contributed by atoms with Crippen LogP contribution in [0.25, 0.3) is 5.52 Å². The minimum absolute atomic E-state index is 0.774. The summed E-state index contributed by atoms with van der Waals surface area (Å²) in [4.78, 5) is 4.58. The summed E-state index contributed by atoms with van der Waals surface area (Å²) in [5.74, 6) is 2.55. The number of nitrogens with zero attached hydrogens (tertiary/aromatic N) is 2. The Morgan fingerprint density at radius 2 is 2.41 bits per heavy atom. The minimum Gasteiger partial charge on any atom is -0.304 e. The van der Waals surface area contributed by atoms with Crippen molar-refractivity contribution in [3.63, 3.8) is 0 Å². The summed E-state index contributed by atoms with van der Waals surface area (Å²) in [5.41, 5.74) is 2.52. The zero-order chi connectivity index (χ0) is 11.7. The molecule has 2 nitrogen and oxygen atoms in total. The summed E-state index contributed by atoms with van der Waals surface area (Å²) in [5, 5.41) is 0.774. The second-order valence-corrected chi connectivity index (χ2v) is 6.27. The summed E-state index contributed by atoms with van der Waals surface area (Å²) in [7, 11) is 0. The van der Waals surface area contributed by atoms with Crippen LogP contribution in [0.15, 0.2) is 24.5 Å². The number of thioether (sulfide) groups is 1. The first kappa shape index (κ1) is 11.1. The van der Waals surface area contributed by atoms with Gasteiger partial charge in [-0.2, -0.15) is 11.8 Å². The molecule has 3 rings (SSSR count). The van der Waals surface area contributed by atoms with Crippen LogP contribution in [-0.4, -0.2) is 20.4 Å². The number of hydrogen-bond acceptors (Lipinski definition) is 2. The molecule has 0 aliphatic carbocycles. The number of fused-ring (bicyclic) bond motifs is 1. The second kappa shape index (κ2) is 4.73. The molecular formula is C14H18N2S. The van der Waals surface area contributed by atoms with Crippen molar-refractivity contribution in [3.8, 4) is 0 Å². The van der Waals surface area contributed by atoms with Gasteiger partial charge in [0.15, 0.2) is 0 Å². The van der Waals surface area contributed by atoms with E-state index in [0.717, 1.165) is 11.7 Å². The Bertz CT molecular complexity index is 512. The molecule has 1 atom stereocenters. The minimum atomic E-state index is 0.774. The van der Waals surface area contributed by atoms with Crippen molar-refractivity contribution < 1.29 is 0 Å². The van der Waals surface area contributed by atoms with Gasteiger partial charge in [-0.25, -0.2) is 4.98 Å². The third-order valence-corrected chi connectivity index (χ3v) is 4.85. The van der Waals surface area contributed by atoms with Gasteiger partial charge in [-0.3, -0.25) is 0 Å². The molecular weight excluding hydrogens is 228 g/mol. The van der Waals surface area contributed by atoms with E-state index in [1.54, 1.807) is 0 Å². The topological polar surface area (TPSA) is 17.3 Å². The molecule has 1 unspecified atom stereocenters. The van der Waals surface area contributed by atoms with Gasteiger partial charge in [-0.1, -0.05) is 6.42 Å². The van der Waals surface area contributed by atoms with Gasteiger partial charge in [-0.15, -0.1) is 0 Å². The fraction of sp³-hybridized carbons (Fsp3) is 0.500. The van der Waals surface area contributed by atoms with Crippen molar-refractivity contribution in [1.82, 2.24) is 9.38 Å². The third kappa shape index (κ3) is 2.34. The van der Waals surface area contributed by atoms with Crippen molar-refractivity contribution in [2.24, 2.45) is 0 Å². The lowest BCUT2D eigenvalue weighted by Crippen LogP contribution is -2.14. The molecule has 1 aliphatic heterocycles. The predicted molar refractivity (Wildman–Crippen MR) is 73.7 cm³/mol. The summed E-state index contributed by atoms with van der Waals surface area (Å²) >= 11 is 2.12. The molecule has 0 bridgehead atoms. The van der Waals surface area contributed by atoms with E-state index in [4.69, 9.17) is 0 Å². The number of rotatable bonds is 2. The first-order valence-corrected chi connectivity index (χ1v) is 7.42. The van der Waals surface area contributed by atoms with Crippen LogP contribution >= 0.6 is 11.8 Å². The summed E-state index contributed by atoms with van der Waals surface area (Å²) in [6.45, 7) is 2.13. The average molecular weight is 246 g/mol. The van der Waals surface area contributed by atoms with Crippen molar-refractivity contribution in [2.75, 3.05) is 5.75 Å². The second-order valence-electron chi connectivity index (χ2n) is 4.87. The highest BCUT2D eigenvalue weighted by Gasteiger charge is 2.16. The van der Waals surface area contributed by atoms with E-state index < -0.39 is 0 Å². The van der Waals surface area contributed by atoms with E-state index in [9.17, 15) is 0 Å². The molecule has 1 saturated heterocycles. The molecule has 2 aromatic heterocycles. The summed E-state index contributed by atoms with van der Waals surface area (Å²) in [6.07, 6.45) is 9.40. The molecule has 0 saturated carbocycles. The lowest BCUT2D eigenvalue weighted by atomic mass is 10.1. The van der Waals surface area contributed by atoms with Crippen LogP contribution in [0.3, 0.4) is 0 Å². The van der Waals surface area contributed by atoms with Crippen molar-refractivity contribution >= 4 is 17.3 Å². The largest absolute Gasteiger partial charge is 0.304 e. The van der Waals surface area contributed by atoms with Gasteiger partial charge in [0.05, 0.1) is 11.7 Å². The van der Waals surface area contributed by atoms with Crippen LogP contribution in [0.2, 0.25) is 0 Å². The molecule has 90 valence electrons. The number of imidazole rings is 1. The Morgan fingerprint density at radius 1 is 1.47 bits per heavy atom. The Labute approximate surface area is 106 Å². The highest BCUT2D eigenvalue weighted by molar-refractivity contribution is 7.99. The molecule has 0 aromatic carbocycles. The van der Waals surface area contributed by atoms with E-state index >= 15 is 0 Å². The molecule has 17 heavy (non-hydrogen) atoms. The normalized spacial score (nSPS) is 20.9. The lowest BCUT2D eigenvalue weighted by molar-refractivity contribution is 0.646. The highest BCUT2D eigenvalue weighted by Crippen LogP contribution is 2.27. The Morgan fingerprint density at radius 3 is 3.24 bits per heavy atom. The number of pyridine rings is 1. The van der Waals surface area contributed by atoms with Crippen molar-refractivity contribution in [3.05, 3.63) is 35.9 Å². The number of aryl methyl sites for hydroxylation is 1. The van der Waals surface area contributed by atoms with Gasteiger partial charge in [0, 0.05) is 17.9 Å². The van der Waals surface area contributed by atoms with E-state index in [2.05, 4.69) is 46.4 Å². The summed E-state index contributed by atoms with van der Waals surface area (Å²) < 4.78 is 2.24. The Balaban J connectivity index is 1.84. The molecule has 3 heterocycles. The maximum atomic E-state index is 4.58. The SMILES string of the molecule is Cc1ccn2c(CC3CCCCS3)ncc2c1. The van der Waals surface area contributed by atoms with Crippen molar-refractivity contribution in [2.45, 2.75) is 37.9 Å². The van der Waals surface area contributed by atoms with Gasteiger partial charge in [0.25, 0.3) is 0 Å². The van der Waals surface area contributed by atoms with E-state index in [-0.39, 0.29) is 0 Å². The molecule has 1 aliphatic rings. The lowest BCUT2D eigenvalue weighted by Gasteiger charge is -2.20. The third-order valence-electron chi connectivity index (χ3n) is 3.45. The number of hydrogen-bond donors (Lipinski definition) is 0.